The molecule has 0 radical (unpaired) electrons. The molecule has 3 atom stereocenters. The van der Waals surface area contributed by atoms with Crippen LogP contribution in [-0.4, -0.2) is 54.6 Å². The van der Waals surface area contributed by atoms with E-state index < -0.39 is 0 Å². The zero-order valence-corrected chi connectivity index (χ0v) is 20.5. The van der Waals surface area contributed by atoms with Crippen molar-refractivity contribution < 1.29 is 9.59 Å². The van der Waals surface area contributed by atoms with Crippen molar-refractivity contribution in [3.05, 3.63) is 90.3 Å². The molecule has 3 N–H and O–H groups in total. The third-order valence-electron chi connectivity index (χ3n) is 7.31. The molecular weight excluding hydrogens is 466 g/mol. The maximum absolute atomic E-state index is 12.9. The Morgan fingerprint density at radius 3 is 2.76 bits per heavy atom. The van der Waals surface area contributed by atoms with Gasteiger partial charge in [0.15, 0.2) is 5.78 Å². The number of nitrogens with two attached hydrogens (primary N) is 1. The Balaban J connectivity index is 1.37. The van der Waals surface area contributed by atoms with Crippen molar-refractivity contribution in [2.45, 2.75) is 37.9 Å². The van der Waals surface area contributed by atoms with Crippen LogP contribution in [0.1, 0.15) is 39.9 Å². The van der Waals surface area contributed by atoms with Gasteiger partial charge in [0, 0.05) is 54.0 Å². The summed E-state index contributed by atoms with van der Waals surface area (Å²) in [7, 11) is 0. The second-order valence-electron chi connectivity index (χ2n) is 9.65. The molecule has 4 aromatic rings. The number of aromatic nitrogens is 4. The number of pyridine rings is 1. The van der Waals surface area contributed by atoms with Crippen molar-refractivity contribution in [3.8, 4) is 11.3 Å². The number of Topliss-reactive ketones (excluding diaryl/α,β-unsaturated/α-hetero) is 1. The van der Waals surface area contributed by atoms with Gasteiger partial charge in [0.05, 0.1) is 6.42 Å². The smallest absolute Gasteiger partial charge is 0.246 e. The number of rotatable bonds is 6. The fourth-order valence-electron chi connectivity index (χ4n) is 5.62. The Morgan fingerprint density at radius 2 is 2.00 bits per heavy atom. The molecule has 1 aromatic carbocycles. The molecule has 2 unspecified atom stereocenters. The van der Waals surface area contributed by atoms with Gasteiger partial charge in [-0.15, -0.1) is 0 Å². The molecule has 9 nitrogen and oxygen atoms in total. The Labute approximate surface area is 214 Å². The van der Waals surface area contributed by atoms with Crippen molar-refractivity contribution in [3.63, 3.8) is 0 Å². The summed E-state index contributed by atoms with van der Waals surface area (Å²) < 4.78 is 1.93. The van der Waals surface area contributed by atoms with Crippen molar-refractivity contribution in [2.75, 3.05) is 12.3 Å². The summed E-state index contributed by atoms with van der Waals surface area (Å²) in [5.74, 6) is 0.956. The lowest BCUT2D eigenvalue weighted by Crippen LogP contribution is -2.48. The van der Waals surface area contributed by atoms with Gasteiger partial charge < -0.3 is 16.0 Å². The van der Waals surface area contributed by atoms with E-state index in [0.29, 0.717) is 22.6 Å². The maximum atomic E-state index is 12.9. The molecule has 186 valence electrons. The van der Waals surface area contributed by atoms with Gasteiger partial charge in [-0.1, -0.05) is 30.8 Å². The summed E-state index contributed by atoms with van der Waals surface area (Å²) in [6, 6.07) is 11.1. The minimum Gasteiger partial charge on any atom is -0.382 e. The number of aryl methyl sites for hydroxylation is 1. The molecule has 6 rings (SSSR count). The van der Waals surface area contributed by atoms with Gasteiger partial charge in [-0.25, -0.2) is 9.97 Å². The first-order valence-corrected chi connectivity index (χ1v) is 12.3. The lowest BCUT2D eigenvalue weighted by molar-refractivity contribution is -0.130. The van der Waals surface area contributed by atoms with Gasteiger partial charge in [-0.2, -0.15) is 0 Å². The highest BCUT2D eigenvalue weighted by molar-refractivity contribution is 5.98. The fraction of sp³-hybridized carbons (Fsp3) is 0.250. The van der Waals surface area contributed by atoms with Crippen LogP contribution < -0.4 is 11.1 Å². The van der Waals surface area contributed by atoms with Crippen LogP contribution in [-0.2, 0) is 11.2 Å². The van der Waals surface area contributed by atoms with Crippen LogP contribution in [0, 0.1) is 6.92 Å². The molecule has 0 aliphatic carbocycles. The number of hydrogen-bond donors (Lipinski definition) is 2. The molecule has 9 heteroatoms. The largest absolute Gasteiger partial charge is 0.382 e. The number of benzene rings is 1. The predicted molar refractivity (Wildman–Crippen MR) is 140 cm³/mol. The molecule has 37 heavy (non-hydrogen) atoms. The maximum Gasteiger partial charge on any atom is 0.246 e. The van der Waals surface area contributed by atoms with E-state index >= 15 is 0 Å². The van der Waals surface area contributed by atoms with Gasteiger partial charge >= 0.3 is 0 Å². The molecule has 2 aliphatic heterocycles. The van der Waals surface area contributed by atoms with Crippen molar-refractivity contribution in [1.82, 2.24) is 29.6 Å². The first kappa shape index (κ1) is 23.1. The number of carbonyl (C=O) groups is 2. The predicted octanol–water partition coefficient (Wildman–Crippen LogP) is 2.91. The van der Waals surface area contributed by atoms with E-state index in [1.54, 1.807) is 24.5 Å². The Kier molecular flexibility index (Phi) is 5.57. The molecule has 3 aromatic heterocycles. The average Bonchev–Trinajstić information content (AvgIpc) is 3.62. The van der Waals surface area contributed by atoms with Gasteiger partial charge in [-0.05, 0) is 37.1 Å². The molecule has 5 heterocycles. The number of nitrogen functional groups attached to an aromatic ring is 1. The number of carbonyl (C=O) groups excluding carboxylic acids is 2. The van der Waals surface area contributed by atoms with Gasteiger partial charge in [0.25, 0.3) is 0 Å². The molecule has 2 aliphatic rings. The third-order valence-corrected chi connectivity index (χ3v) is 7.31. The number of piperazine rings is 1. The first-order valence-electron chi connectivity index (χ1n) is 12.3. The summed E-state index contributed by atoms with van der Waals surface area (Å²) >= 11 is 0. The van der Waals surface area contributed by atoms with Crippen LogP contribution in [0.25, 0.3) is 16.8 Å². The molecule has 2 saturated heterocycles. The second-order valence-corrected chi connectivity index (χ2v) is 9.65. The number of nitrogens with zero attached hydrogens (tertiary/aromatic N) is 5. The van der Waals surface area contributed by atoms with Gasteiger partial charge in [0.1, 0.15) is 28.9 Å². The highest BCUT2D eigenvalue weighted by Gasteiger charge is 2.50. The quantitative estimate of drug-likeness (QED) is 0.313. The monoisotopic (exact) mass is 493 g/mol. The van der Waals surface area contributed by atoms with E-state index in [-0.39, 0.29) is 36.2 Å². The molecule has 2 bridgehead atoms. The summed E-state index contributed by atoms with van der Waals surface area (Å²) in [5, 5.41) is 3.51. The fourth-order valence-corrected chi connectivity index (χ4v) is 5.62. The summed E-state index contributed by atoms with van der Waals surface area (Å²) in [6.07, 6.45) is 7.64. The zero-order valence-electron chi connectivity index (χ0n) is 20.5. The number of likely N-dealkylation sites (tertiary alicyclic amines) is 1. The number of anilines is 1. The van der Waals surface area contributed by atoms with E-state index in [4.69, 9.17) is 10.7 Å². The highest BCUT2D eigenvalue weighted by Crippen LogP contribution is 2.42. The molecule has 1 amide bonds. The molecule has 0 spiro atoms. The van der Waals surface area contributed by atoms with Crippen LogP contribution in [0.15, 0.2) is 67.6 Å². The standard InChI is InChI=1S/C28H27N7O2/c1-3-23(37)35-20-14-21(32-15-20)25(35)28-33-24(26-27(29)31-10-11-34(26)28)18-6-4-17(5-7-18)22(36)13-19-12-16(2)8-9-30-19/h3-12,20-21,25,32H,1,13-15H2,2H3,(H2,29,31)/t20?,21-,25?/m0/s1. The number of imidazole rings is 1. The molecular formula is C28H27N7O2. The molecule has 0 saturated carbocycles. The Morgan fingerprint density at radius 1 is 1.19 bits per heavy atom. The number of amides is 1. The summed E-state index contributed by atoms with van der Waals surface area (Å²) in [4.78, 5) is 41.2. The van der Waals surface area contributed by atoms with E-state index in [0.717, 1.165) is 35.6 Å². The SMILES string of the molecule is C=CC(=O)N1C2CN[C@@H](C2)C1c1nc(-c2ccc(C(=O)Cc3cc(C)ccn3)cc2)c2c(N)nccn12. The van der Waals surface area contributed by atoms with E-state index in [9.17, 15) is 9.59 Å². The summed E-state index contributed by atoms with van der Waals surface area (Å²) in [5.41, 5.74) is 10.9. The third kappa shape index (κ3) is 3.88. The normalized spacial score (nSPS) is 20.5. The van der Waals surface area contributed by atoms with Crippen molar-refractivity contribution in [1.29, 1.82) is 0 Å². The minimum absolute atomic E-state index is 0.00662. The average molecular weight is 494 g/mol. The number of nitrogens with one attached hydrogen (secondary N) is 1. The van der Waals surface area contributed by atoms with Crippen LogP contribution in [0.5, 0.6) is 0 Å². The van der Waals surface area contributed by atoms with Crippen LogP contribution in [0.3, 0.4) is 0 Å². The number of hydrogen-bond acceptors (Lipinski definition) is 7. The molecule has 2 fully saturated rings. The second kappa shape index (κ2) is 8.94. The van der Waals surface area contributed by atoms with E-state index in [2.05, 4.69) is 21.9 Å². The topological polar surface area (TPSA) is 119 Å². The number of fused-ring (bicyclic) bond motifs is 3. The Hall–Kier alpha value is -4.37. The van der Waals surface area contributed by atoms with Gasteiger partial charge in [-0.3, -0.25) is 19.0 Å². The van der Waals surface area contributed by atoms with Crippen LogP contribution in [0.4, 0.5) is 5.82 Å². The van der Waals surface area contributed by atoms with E-state index in [1.165, 1.54) is 6.08 Å². The van der Waals surface area contributed by atoms with Crippen molar-refractivity contribution in [2.24, 2.45) is 0 Å². The van der Waals surface area contributed by atoms with E-state index in [1.807, 2.05) is 46.7 Å². The zero-order chi connectivity index (χ0) is 25.7. The first-order chi connectivity index (χ1) is 17.9. The minimum atomic E-state index is -0.255. The summed E-state index contributed by atoms with van der Waals surface area (Å²) in [6.45, 7) is 6.44. The lowest BCUT2D eigenvalue weighted by Gasteiger charge is -2.34. The van der Waals surface area contributed by atoms with Gasteiger partial charge in [0.2, 0.25) is 5.91 Å². The Bertz CT molecular complexity index is 1540. The van der Waals surface area contributed by atoms with Crippen molar-refractivity contribution >= 4 is 23.0 Å². The van der Waals surface area contributed by atoms with Crippen LogP contribution >= 0.6 is 0 Å². The lowest BCUT2D eigenvalue weighted by atomic mass is 10.0. The highest BCUT2D eigenvalue weighted by atomic mass is 16.2. The van der Waals surface area contributed by atoms with Crippen LogP contribution in [0.2, 0.25) is 0 Å². The number of ketones is 1.